The molecular weight excluding hydrogens is 474 g/mol. The van der Waals surface area contributed by atoms with Crippen molar-refractivity contribution in [1.29, 1.82) is 0 Å². The van der Waals surface area contributed by atoms with Crippen molar-refractivity contribution in [2.24, 2.45) is 11.8 Å². The van der Waals surface area contributed by atoms with Crippen LogP contribution >= 0.6 is 0 Å². The maximum absolute atomic E-state index is 13.4. The summed E-state index contributed by atoms with van der Waals surface area (Å²) in [6.45, 7) is 5.90. The van der Waals surface area contributed by atoms with Gasteiger partial charge in [-0.2, -0.15) is 0 Å². The van der Waals surface area contributed by atoms with Crippen LogP contribution in [0.5, 0.6) is 5.75 Å². The first-order chi connectivity index (χ1) is 17.3. The van der Waals surface area contributed by atoms with Crippen LogP contribution in [0, 0.1) is 11.8 Å². The van der Waals surface area contributed by atoms with Gasteiger partial charge in [0, 0.05) is 38.9 Å². The fraction of sp³-hybridized carbons (Fsp3) is 0.679. The van der Waals surface area contributed by atoms with Gasteiger partial charge in [0.2, 0.25) is 5.91 Å². The predicted octanol–water partition coefficient (Wildman–Crippen LogP) is 4.54. The van der Waals surface area contributed by atoms with Crippen LogP contribution in [0.3, 0.4) is 0 Å². The zero-order chi connectivity index (χ0) is 27.3. The van der Waals surface area contributed by atoms with Crippen molar-refractivity contribution < 1.29 is 29.0 Å². The van der Waals surface area contributed by atoms with E-state index in [0.717, 1.165) is 50.6 Å². The van der Waals surface area contributed by atoms with Crippen LogP contribution < -0.4 is 15.0 Å². The Morgan fingerprint density at radius 2 is 1.68 bits per heavy atom. The molecule has 2 aliphatic carbocycles. The van der Waals surface area contributed by atoms with Gasteiger partial charge in [0.1, 0.15) is 17.4 Å². The van der Waals surface area contributed by atoms with Crippen LogP contribution in [-0.2, 0) is 9.53 Å². The molecule has 9 heteroatoms. The Bertz CT molecular complexity index is 961. The Hall–Kier alpha value is -2.97. The van der Waals surface area contributed by atoms with Crippen LogP contribution in [0.4, 0.5) is 10.5 Å². The minimum Gasteiger partial charge on any atom is -0.493 e. The molecule has 0 bridgehead atoms. The Morgan fingerprint density at radius 1 is 1.03 bits per heavy atom. The summed E-state index contributed by atoms with van der Waals surface area (Å²) in [5.41, 5.74) is 0.315. The molecule has 1 aromatic rings. The van der Waals surface area contributed by atoms with Crippen molar-refractivity contribution in [3.8, 4) is 5.75 Å². The number of aromatic carboxylic acids is 1. The molecule has 2 fully saturated rings. The smallest absolute Gasteiger partial charge is 0.408 e. The summed E-state index contributed by atoms with van der Waals surface area (Å²) in [5.74, 6) is -0.192. The fourth-order valence-corrected chi connectivity index (χ4v) is 4.94. The van der Waals surface area contributed by atoms with Crippen molar-refractivity contribution >= 4 is 23.7 Å². The molecule has 0 heterocycles. The highest BCUT2D eigenvalue weighted by atomic mass is 16.6. The third-order valence-electron chi connectivity index (χ3n) is 7.41. The molecule has 0 spiro atoms. The Morgan fingerprint density at radius 3 is 2.19 bits per heavy atom. The lowest BCUT2D eigenvalue weighted by Crippen LogP contribution is -2.55. The minimum absolute atomic E-state index is 0.0227. The second-order valence-corrected chi connectivity index (χ2v) is 11.7. The Balaban J connectivity index is 1.62. The van der Waals surface area contributed by atoms with Gasteiger partial charge in [-0.05, 0) is 89.7 Å². The maximum atomic E-state index is 13.4. The van der Waals surface area contributed by atoms with Gasteiger partial charge in [0.05, 0.1) is 12.2 Å². The molecular formula is C28H43N3O6. The zero-order valence-electron chi connectivity index (χ0n) is 23.1. The molecule has 2 saturated carbocycles. The highest BCUT2D eigenvalue weighted by Crippen LogP contribution is 2.34. The van der Waals surface area contributed by atoms with E-state index in [9.17, 15) is 19.5 Å². The summed E-state index contributed by atoms with van der Waals surface area (Å²) >= 11 is 0. The molecule has 3 rings (SSSR count). The summed E-state index contributed by atoms with van der Waals surface area (Å²) in [6, 6.07) is 4.64. The molecule has 2 amide bonds. The number of hydrogen-bond donors (Lipinski definition) is 2. The molecule has 0 unspecified atom stereocenters. The van der Waals surface area contributed by atoms with E-state index in [-0.39, 0.29) is 29.3 Å². The number of nitrogens with zero attached hydrogens (tertiary/aromatic N) is 2. The van der Waals surface area contributed by atoms with Crippen LogP contribution in [0.15, 0.2) is 18.2 Å². The van der Waals surface area contributed by atoms with E-state index in [1.165, 1.54) is 0 Å². The summed E-state index contributed by atoms with van der Waals surface area (Å²) in [6.07, 6.45) is 5.87. The Labute approximate surface area is 220 Å². The molecule has 0 aliphatic heterocycles. The lowest BCUT2D eigenvalue weighted by atomic mass is 9.78. The first-order valence-electron chi connectivity index (χ1n) is 13.3. The van der Waals surface area contributed by atoms with Gasteiger partial charge in [-0.3, -0.25) is 4.79 Å². The summed E-state index contributed by atoms with van der Waals surface area (Å²) in [5, 5.41) is 12.3. The number of rotatable bonds is 9. The van der Waals surface area contributed by atoms with Gasteiger partial charge in [0.25, 0.3) is 0 Å². The van der Waals surface area contributed by atoms with Crippen molar-refractivity contribution in [2.45, 2.75) is 83.4 Å². The molecule has 1 atom stereocenters. The third kappa shape index (κ3) is 8.01. The third-order valence-corrected chi connectivity index (χ3v) is 7.41. The van der Waals surface area contributed by atoms with E-state index in [0.29, 0.717) is 12.4 Å². The number of carboxylic acid groups (broad SMARTS) is 1. The highest BCUT2D eigenvalue weighted by Gasteiger charge is 2.38. The van der Waals surface area contributed by atoms with Gasteiger partial charge in [-0.15, -0.1) is 0 Å². The summed E-state index contributed by atoms with van der Waals surface area (Å²) in [7, 11) is 5.55. The van der Waals surface area contributed by atoms with Crippen molar-refractivity contribution in [1.82, 2.24) is 10.2 Å². The number of carboxylic acids is 1. The number of anilines is 1. The molecule has 0 aromatic heterocycles. The lowest BCUT2D eigenvalue weighted by Gasteiger charge is -2.40. The monoisotopic (exact) mass is 517 g/mol. The van der Waals surface area contributed by atoms with Crippen LogP contribution in [-0.4, -0.2) is 73.4 Å². The highest BCUT2D eigenvalue weighted by molar-refractivity contribution is 5.89. The molecule has 1 aromatic carbocycles. The predicted molar refractivity (Wildman–Crippen MR) is 142 cm³/mol. The molecule has 206 valence electrons. The number of nitrogens with one attached hydrogen (secondary N) is 1. The fourth-order valence-electron chi connectivity index (χ4n) is 4.94. The standard InChI is InChI=1S/C28H43N3O6/c1-28(2,3)37-27(35)29-24(25(32)31(6)21-8-7-9-21)19-12-10-18(11-13-19)17-36-23-15-20(26(33)34)14-22(16-23)30(4)5/h14-16,18-19,21,24H,7-13,17H2,1-6H3,(H,29,35)(H,33,34)/t18?,19?,24-/m0/s1. The quantitative estimate of drug-likeness (QED) is 0.495. The van der Waals surface area contributed by atoms with Crippen LogP contribution in [0.25, 0.3) is 0 Å². The summed E-state index contributed by atoms with van der Waals surface area (Å²) < 4.78 is 11.5. The Kier molecular flexibility index (Phi) is 9.31. The minimum atomic E-state index is -0.992. The van der Waals surface area contributed by atoms with Crippen molar-refractivity contribution in [2.75, 3.05) is 32.6 Å². The largest absolute Gasteiger partial charge is 0.493 e. The van der Waals surface area contributed by atoms with E-state index in [4.69, 9.17) is 9.47 Å². The summed E-state index contributed by atoms with van der Waals surface area (Å²) in [4.78, 5) is 41.2. The second-order valence-electron chi connectivity index (χ2n) is 11.7. The zero-order valence-corrected chi connectivity index (χ0v) is 23.1. The SMILES string of the molecule is CN(C)c1cc(OCC2CCC([C@H](NC(=O)OC(C)(C)C)C(=O)N(C)C3CCC3)CC2)cc(C(=O)O)c1. The van der Waals surface area contributed by atoms with Gasteiger partial charge in [0.15, 0.2) is 0 Å². The number of carbonyl (C=O) groups excluding carboxylic acids is 2. The molecule has 2 N–H and O–H groups in total. The van der Waals surface area contributed by atoms with Crippen molar-refractivity contribution in [3.05, 3.63) is 23.8 Å². The topological polar surface area (TPSA) is 108 Å². The number of carbonyl (C=O) groups is 3. The number of ether oxygens (including phenoxy) is 2. The molecule has 9 nitrogen and oxygen atoms in total. The van der Waals surface area contributed by atoms with Gasteiger partial charge >= 0.3 is 12.1 Å². The van der Waals surface area contributed by atoms with Gasteiger partial charge < -0.3 is 29.7 Å². The number of amides is 2. The normalized spacial score (nSPS) is 20.8. The van der Waals surface area contributed by atoms with E-state index in [1.54, 1.807) is 17.0 Å². The van der Waals surface area contributed by atoms with E-state index >= 15 is 0 Å². The first-order valence-corrected chi connectivity index (χ1v) is 13.3. The van der Waals surface area contributed by atoms with E-state index in [1.807, 2.05) is 52.9 Å². The average Bonchev–Trinajstić information content (AvgIpc) is 2.78. The van der Waals surface area contributed by atoms with Gasteiger partial charge in [-0.25, -0.2) is 9.59 Å². The molecule has 37 heavy (non-hydrogen) atoms. The van der Waals surface area contributed by atoms with Crippen LogP contribution in [0.2, 0.25) is 0 Å². The van der Waals surface area contributed by atoms with Crippen LogP contribution in [0.1, 0.15) is 76.1 Å². The maximum Gasteiger partial charge on any atom is 0.408 e. The van der Waals surface area contributed by atoms with Gasteiger partial charge in [-0.1, -0.05) is 0 Å². The lowest BCUT2D eigenvalue weighted by molar-refractivity contribution is -0.137. The van der Waals surface area contributed by atoms with E-state index < -0.39 is 23.7 Å². The average molecular weight is 518 g/mol. The number of alkyl carbamates (subject to hydrolysis) is 1. The molecule has 0 radical (unpaired) electrons. The number of benzene rings is 1. The molecule has 0 saturated heterocycles. The second kappa shape index (κ2) is 12.0. The van der Waals surface area contributed by atoms with E-state index in [2.05, 4.69) is 5.32 Å². The molecule has 2 aliphatic rings. The number of hydrogen-bond acceptors (Lipinski definition) is 6. The van der Waals surface area contributed by atoms with Crippen molar-refractivity contribution in [3.63, 3.8) is 0 Å². The number of likely N-dealkylation sites (N-methyl/N-ethyl adjacent to an activating group) is 1. The first kappa shape index (κ1) is 28.6.